The number of furan rings is 1. The fraction of sp³-hybridized carbons (Fsp3) is 0.286. The molecule has 0 atom stereocenters. The lowest BCUT2D eigenvalue weighted by atomic mass is 9.93. The molecule has 29 heavy (non-hydrogen) atoms. The molecule has 1 aliphatic heterocycles. The first-order valence-corrected chi connectivity index (χ1v) is 10.6. The van der Waals surface area contributed by atoms with E-state index in [2.05, 4.69) is 21.2 Å². The Balaban J connectivity index is 1.61. The van der Waals surface area contributed by atoms with Crippen molar-refractivity contribution >= 4 is 51.5 Å². The molecular formula is C21H18BrClN2O4. The Labute approximate surface area is 181 Å². The predicted molar refractivity (Wildman–Crippen MR) is 112 cm³/mol. The molecule has 1 saturated heterocycles. The second kappa shape index (κ2) is 8.16. The van der Waals surface area contributed by atoms with Gasteiger partial charge >= 0.3 is 6.03 Å². The van der Waals surface area contributed by atoms with E-state index in [0.717, 1.165) is 42.1 Å². The van der Waals surface area contributed by atoms with Gasteiger partial charge in [-0.1, -0.05) is 36.9 Å². The molecule has 1 aromatic carbocycles. The lowest BCUT2D eigenvalue weighted by Gasteiger charge is -2.35. The minimum Gasteiger partial charge on any atom is -0.457 e. The van der Waals surface area contributed by atoms with Crippen LogP contribution in [-0.2, 0) is 9.59 Å². The predicted octanol–water partition coefficient (Wildman–Crippen LogP) is 5.16. The molecule has 4 rings (SSSR count). The Hall–Kier alpha value is -2.38. The lowest BCUT2D eigenvalue weighted by Crippen LogP contribution is -2.58. The molecule has 1 aliphatic carbocycles. The van der Waals surface area contributed by atoms with E-state index < -0.39 is 17.8 Å². The molecule has 1 N–H and O–H groups in total. The summed E-state index contributed by atoms with van der Waals surface area (Å²) < 4.78 is 6.56. The van der Waals surface area contributed by atoms with Crippen LogP contribution in [-0.4, -0.2) is 28.8 Å². The zero-order valence-corrected chi connectivity index (χ0v) is 17.8. The molecule has 0 spiro atoms. The molecule has 6 nitrogen and oxygen atoms in total. The summed E-state index contributed by atoms with van der Waals surface area (Å²) in [5.74, 6) is -0.391. The molecule has 2 fully saturated rings. The molecule has 2 aliphatic rings. The summed E-state index contributed by atoms with van der Waals surface area (Å²) >= 11 is 9.48. The maximum atomic E-state index is 12.9. The van der Waals surface area contributed by atoms with Crippen molar-refractivity contribution in [1.82, 2.24) is 10.2 Å². The fourth-order valence-corrected chi connectivity index (χ4v) is 4.15. The maximum Gasteiger partial charge on any atom is 0.331 e. The summed E-state index contributed by atoms with van der Waals surface area (Å²) in [6.07, 6.45) is 5.92. The number of rotatable bonds is 3. The van der Waals surface area contributed by atoms with Crippen LogP contribution in [0.3, 0.4) is 0 Å². The molecule has 2 aromatic rings. The van der Waals surface area contributed by atoms with E-state index in [-0.39, 0.29) is 11.6 Å². The van der Waals surface area contributed by atoms with Crippen LogP contribution in [0.5, 0.6) is 0 Å². The van der Waals surface area contributed by atoms with E-state index in [1.165, 1.54) is 11.0 Å². The van der Waals surface area contributed by atoms with Gasteiger partial charge in [-0.05, 0) is 59.1 Å². The van der Waals surface area contributed by atoms with Gasteiger partial charge in [-0.2, -0.15) is 0 Å². The van der Waals surface area contributed by atoms with Crippen LogP contribution < -0.4 is 5.32 Å². The first-order chi connectivity index (χ1) is 13.9. The third-order valence-corrected chi connectivity index (χ3v) is 6.42. The summed E-state index contributed by atoms with van der Waals surface area (Å²) in [7, 11) is 0. The molecule has 0 radical (unpaired) electrons. The highest BCUT2D eigenvalue weighted by Crippen LogP contribution is 2.31. The van der Waals surface area contributed by atoms with E-state index in [9.17, 15) is 14.4 Å². The van der Waals surface area contributed by atoms with Crippen LogP contribution >= 0.6 is 27.5 Å². The van der Waals surface area contributed by atoms with Gasteiger partial charge in [-0.3, -0.25) is 19.8 Å². The number of hydrogen-bond donors (Lipinski definition) is 1. The van der Waals surface area contributed by atoms with Gasteiger partial charge in [0, 0.05) is 16.1 Å². The van der Waals surface area contributed by atoms with Crippen molar-refractivity contribution in [1.29, 1.82) is 0 Å². The van der Waals surface area contributed by atoms with Gasteiger partial charge in [0.05, 0.1) is 5.02 Å². The number of benzene rings is 1. The van der Waals surface area contributed by atoms with Gasteiger partial charge in [0.25, 0.3) is 11.8 Å². The average molecular weight is 478 g/mol. The Kier molecular flexibility index (Phi) is 5.61. The third-order valence-electron chi connectivity index (χ3n) is 5.19. The topological polar surface area (TPSA) is 79.6 Å². The van der Waals surface area contributed by atoms with E-state index in [1.54, 1.807) is 18.2 Å². The molecule has 2 heterocycles. The monoisotopic (exact) mass is 476 g/mol. The Morgan fingerprint density at radius 3 is 2.59 bits per heavy atom. The number of urea groups is 1. The first kappa shape index (κ1) is 19.9. The zero-order valence-electron chi connectivity index (χ0n) is 15.4. The average Bonchev–Trinajstić information content (AvgIpc) is 3.17. The minimum atomic E-state index is -0.711. The van der Waals surface area contributed by atoms with Crippen molar-refractivity contribution in [2.24, 2.45) is 0 Å². The van der Waals surface area contributed by atoms with Crippen molar-refractivity contribution in [3.63, 3.8) is 0 Å². The maximum absolute atomic E-state index is 12.9. The van der Waals surface area contributed by atoms with Gasteiger partial charge < -0.3 is 4.42 Å². The van der Waals surface area contributed by atoms with Crippen LogP contribution in [0.15, 0.2) is 44.8 Å². The second-order valence-electron chi connectivity index (χ2n) is 7.12. The first-order valence-electron chi connectivity index (χ1n) is 9.40. The second-order valence-corrected chi connectivity index (χ2v) is 8.38. The molecule has 1 aromatic heterocycles. The highest BCUT2D eigenvalue weighted by molar-refractivity contribution is 9.10. The number of barbiturate groups is 1. The van der Waals surface area contributed by atoms with Gasteiger partial charge in [-0.25, -0.2) is 4.79 Å². The largest absolute Gasteiger partial charge is 0.457 e. The Morgan fingerprint density at radius 2 is 1.86 bits per heavy atom. The summed E-state index contributed by atoms with van der Waals surface area (Å²) in [5.41, 5.74) is 0.659. The number of amides is 4. The summed E-state index contributed by atoms with van der Waals surface area (Å²) in [6.45, 7) is 0. The van der Waals surface area contributed by atoms with E-state index in [1.807, 2.05) is 12.1 Å². The van der Waals surface area contributed by atoms with Crippen LogP contribution in [0.4, 0.5) is 4.79 Å². The molecule has 0 unspecified atom stereocenters. The highest BCUT2D eigenvalue weighted by Gasteiger charge is 2.40. The van der Waals surface area contributed by atoms with Crippen LogP contribution in [0.1, 0.15) is 37.9 Å². The molecule has 0 bridgehead atoms. The Morgan fingerprint density at radius 1 is 1.10 bits per heavy atom. The lowest BCUT2D eigenvalue weighted by molar-refractivity contribution is -0.132. The van der Waals surface area contributed by atoms with Crippen molar-refractivity contribution in [3.05, 3.63) is 51.2 Å². The van der Waals surface area contributed by atoms with E-state index in [0.29, 0.717) is 16.5 Å². The van der Waals surface area contributed by atoms with Crippen molar-refractivity contribution in [2.75, 3.05) is 0 Å². The quantitative estimate of drug-likeness (QED) is 0.489. The van der Waals surface area contributed by atoms with Gasteiger partial charge in [-0.15, -0.1) is 0 Å². The minimum absolute atomic E-state index is 0.107. The van der Waals surface area contributed by atoms with Gasteiger partial charge in [0.15, 0.2) is 0 Å². The summed E-state index contributed by atoms with van der Waals surface area (Å²) in [4.78, 5) is 38.7. The normalized spacial score (nSPS) is 19.7. The number of halogens is 2. The number of nitrogens with zero attached hydrogens (tertiary/aromatic N) is 1. The van der Waals surface area contributed by atoms with Gasteiger partial charge in [0.2, 0.25) is 0 Å². The SMILES string of the molecule is O=C1NC(=O)N(C2CCCCC2)C(=O)C1=Cc1ccc(-c2ccc(Br)c(Cl)c2)o1. The third kappa shape index (κ3) is 4.02. The molecule has 8 heteroatoms. The molecular weight excluding hydrogens is 460 g/mol. The van der Waals surface area contributed by atoms with Crippen molar-refractivity contribution < 1.29 is 18.8 Å². The van der Waals surface area contributed by atoms with Crippen molar-refractivity contribution in [3.8, 4) is 11.3 Å². The summed E-state index contributed by atoms with van der Waals surface area (Å²) in [5, 5.41) is 2.82. The number of carbonyl (C=O) groups is 3. The van der Waals surface area contributed by atoms with Crippen LogP contribution in [0, 0.1) is 0 Å². The zero-order chi connectivity index (χ0) is 20.5. The molecule has 4 amide bonds. The van der Waals surface area contributed by atoms with Crippen LogP contribution in [0.25, 0.3) is 17.4 Å². The van der Waals surface area contributed by atoms with E-state index in [4.69, 9.17) is 16.0 Å². The number of hydrogen-bond acceptors (Lipinski definition) is 4. The Bertz CT molecular complexity index is 1020. The number of imide groups is 2. The summed E-state index contributed by atoms with van der Waals surface area (Å²) in [6, 6.07) is 7.99. The number of nitrogens with one attached hydrogen (secondary N) is 1. The smallest absolute Gasteiger partial charge is 0.331 e. The molecule has 1 saturated carbocycles. The van der Waals surface area contributed by atoms with Gasteiger partial charge in [0.1, 0.15) is 17.1 Å². The highest BCUT2D eigenvalue weighted by atomic mass is 79.9. The molecule has 150 valence electrons. The van der Waals surface area contributed by atoms with Crippen molar-refractivity contribution in [2.45, 2.75) is 38.1 Å². The number of carbonyl (C=O) groups excluding carboxylic acids is 3. The fourth-order valence-electron chi connectivity index (χ4n) is 3.72. The van der Waals surface area contributed by atoms with Crippen LogP contribution in [0.2, 0.25) is 5.02 Å². The standard InChI is InChI=1S/C21H18BrClN2O4/c22-16-8-6-12(10-17(16)23)18-9-7-14(29-18)11-15-19(26)24-21(28)25(20(15)27)13-4-2-1-3-5-13/h6-11,13H,1-5H2,(H,24,26,28). The van der Waals surface area contributed by atoms with E-state index >= 15 is 0 Å².